The molecular formula is C12H14FN3S2. The van der Waals surface area contributed by atoms with Crippen molar-refractivity contribution in [3.63, 3.8) is 0 Å². The second-order valence-electron chi connectivity index (χ2n) is 3.72. The van der Waals surface area contributed by atoms with Gasteiger partial charge in [-0.25, -0.2) is 4.39 Å². The second-order valence-corrected chi connectivity index (χ2v) is 5.92. The number of nitrogens with one attached hydrogen (secondary N) is 1. The van der Waals surface area contributed by atoms with Crippen molar-refractivity contribution < 1.29 is 4.39 Å². The molecule has 3 nitrogen and oxygen atoms in total. The van der Waals surface area contributed by atoms with Crippen LogP contribution in [0.15, 0.2) is 28.6 Å². The van der Waals surface area contributed by atoms with Crippen molar-refractivity contribution in [1.82, 2.24) is 10.2 Å². The molecule has 1 heterocycles. The maximum atomic E-state index is 12.7. The number of hydrogen-bond acceptors (Lipinski definition) is 5. The number of anilines is 1. The van der Waals surface area contributed by atoms with Crippen LogP contribution < -0.4 is 5.32 Å². The molecule has 18 heavy (non-hydrogen) atoms. The van der Waals surface area contributed by atoms with E-state index in [4.69, 9.17) is 0 Å². The lowest BCUT2D eigenvalue weighted by Crippen LogP contribution is -1.98. The highest BCUT2D eigenvalue weighted by molar-refractivity contribution is 8.00. The summed E-state index contributed by atoms with van der Waals surface area (Å²) in [5, 5.41) is 12.2. The van der Waals surface area contributed by atoms with Crippen LogP contribution in [0.2, 0.25) is 0 Å². The monoisotopic (exact) mass is 283 g/mol. The van der Waals surface area contributed by atoms with Gasteiger partial charge >= 0.3 is 0 Å². The van der Waals surface area contributed by atoms with Crippen LogP contribution in [0.4, 0.5) is 9.52 Å². The zero-order valence-electron chi connectivity index (χ0n) is 10.0. The summed E-state index contributed by atoms with van der Waals surface area (Å²) in [5.74, 6) is 0.577. The Hall–Kier alpha value is -1.14. The van der Waals surface area contributed by atoms with Crippen LogP contribution in [0, 0.1) is 5.82 Å². The summed E-state index contributed by atoms with van der Waals surface area (Å²) in [6.07, 6.45) is 1.07. The molecule has 1 aromatic carbocycles. The predicted molar refractivity (Wildman–Crippen MR) is 74.7 cm³/mol. The molecule has 0 fully saturated rings. The number of benzene rings is 1. The van der Waals surface area contributed by atoms with Crippen molar-refractivity contribution >= 4 is 28.2 Å². The summed E-state index contributed by atoms with van der Waals surface area (Å²) < 4.78 is 13.7. The van der Waals surface area contributed by atoms with E-state index in [0.717, 1.165) is 33.8 Å². The molecule has 0 radical (unpaired) electrons. The van der Waals surface area contributed by atoms with Gasteiger partial charge in [0.05, 0.1) is 0 Å². The Labute approximate surface area is 114 Å². The van der Waals surface area contributed by atoms with Crippen molar-refractivity contribution in [2.24, 2.45) is 0 Å². The number of aromatic nitrogens is 2. The third-order valence-electron chi connectivity index (χ3n) is 2.21. The number of hydrogen-bond donors (Lipinski definition) is 1. The summed E-state index contributed by atoms with van der Waals surface area (Å²) in [4.78, 5) is 0. The summed E-state index contributed by atoms with van der Waals surface area (Å²) in [5.41, 5.74) is 1.08. The van der Waals surface area contributed by atoms with Crippen LogP contribution in [0.3, 0.4) is 0 Å². The van der Waals surface area contributed by atoms with Crippen molar-refractivity contribution in [3.05, 3.63) is 35.6 Å². The molecule has 0 amide bonds. The fraction of sp³-hybridized carbons (Fsp3) is 0.333. The average Bonchev–Trinajstić information content (AvgIpc) is 2.84. The second kappa shape index (κ2) is 6.70. The Bertz CT molecular complexity index is 484. The summed E-state index contributed by atoms with van der Waals surface area (Å²) in [6, 6.07) is 6.54. The Kier molecular flexibility index (Phi) is 4.95. The molecule has 0 aliphatic carbocycles. The molecule has 0 unspecified atom stereocenters. The van der Waals surface area contributed by atoms with E-state index in [1.54, 1.807) is 35.2 Å². The van der Waals surface area contributed by atoms with Crippen LogP contribution in [-0.2, 0) is 5.75 Å². The Morgan fingerprint density at radius 2 is 2.06 bits per heavy atom. The highest BCUT2D eigenvalue weighted by atomic mass is 32.2. The van der Waals surface area contributed by atoms with Crippen LogP contribution >= 0.6 is 23.1 Å². The zero-order chi connectivity index (χ0) is 12.8. The van der Waals surface area contributed by atoms with Crippen molar-refractivity contribution in [3.8, 4) is 0 Å². The molecule has 1 aromatic heterocycles. The minimum absolute atomic E-state index is 0.203. The minimum atomic E-state index is -0.203. The van der Waals surface area contributed by atoms with Gasteiger partial charge in [0.25, 0.3) is 0 Å². The molecule has 0 aliphatic heterocycles. The van der Waals surface area contributed by atoms with Gasteiger partial charge in [-0.2, -0.15) is 0 Å². The first-order valence-electron chi connectivity index (χ1n) is 5.72. The van der Waals surface area contributed by atoms with Crippen molar-refractivity contribution in [2.45, 2.75) is 23.4 Å². The van der Waals surface area contributed by atoms with Gasteiger partial charge < -0.3 is 5.32 Å². The van der Waals surface area contributed by atoms with Crippen LogP contribution in [-0.4, -0.2) is 16.7 Å². The van der Waals surface area contributed by atoms with Gasteiger partial charge in [-0.15, -0.1) is 10.2 Å². The molecule has 1 N–H and O–H groups in total. The van der Waals surface area contributed by atoms with E-state index in [-0.39, 0.29) is 5.82 Å². The van der Waals surface area contributed by atoms with Crippen molar-refractivity contribution in [1.29, 1.82) is 0 Å². The standard InChI is InChI=1S/C12H14FN3S2/c1-2-7-14-11-15-16-12(18-11)17-8-9-3-5-10(13)6-4-9/h3-6H,2,7-8H2,1H3,(H,14,15). The lowest BCUT2D eigenvalue weighted by Gasteiger charge is -1.98. The van der Waals surface area contributed by atoms with E-state index in [2.05, 4.69) is 22.4 Å². The maximum absolute atomic E-state index is 12.7. The van der Waals surface area contributed by atoms with E-state index in [1.807, 2.05) is 0 Å². The summed E-state index contributed by atoms with van der Waals surface area (Å²) in [6.45, 7) is 3.02. The van der Waals surface area contributed by atoms with Gasteiger partial charge in [0.15, 0.2) is 4.34 Å². The SMILES string of the molecule is CCCNc1nnc(SCc2ccc(F)cc2)s1. The topological polar surface area (TPSA) is 37.8 Å². The normalized spacial score (nSPS) is 10.6. The van der Waals surface area contributed by atoms with Gasteiger partial charge in [0, 0.05) is 12.3 Å². The van der Waals surface area contributed by atoms with Gasteiger partial charge in [0.2, 0.25) is 5.13 Å². The third-order valence-corrected chi connectivity index (χ3v) is 4.29. The number of nitrogens with zero attached hydrogens (tertiary/aromatic N) is 2. The van der Waals surface area contributed by atoms with Gasteiger partial charge in [-0.3, -0.25) is 0 Å². The molecule has 2 rings (SSSR count). The first kappa shape index (κ1) is 13.3. The first-order chi connectivity index (χ1) is 8.78. The molecular weight excluding hydrogens is 269 g/mol. The lowest BCUT2D eigenvalue weighted by atomic mass is 10.2. The molecule has 0 atom stereocenters. The molecule has 0 spiro atoms. The number of rotatable bonds is 6. The number of thioether (sulfide) groups is 1. The summed E-state index contributed by atoms with van der Waals surface area (Å²) in [7, 11) is 0. The van der Waals surface area contributed by atoms with E-state index >= 15 is 0 Å². The molecule has 0 saturated carbocycles. The molecule has 2 aromatic rings. The molecule has 0 aliphatic rings. The maximum Gasteiger partial charge on any atom is 0.206 e. The fourth-order valence-electron chi connectivity index (χ4n) is 1.30. The first-order valence-corrected chi connectivity index (χ1v) is 7.52. The largest absolute Gasteiger partial charge is 0.360 e. The third kappa shape index (κ3) is 3.96. The molecule has 0 bridgehead atoms. The predicted octanol–water partition coefficient (Wildman–Crippen LogP) is 3.79. The van der Waals surface area contributed by atoms with E-state index in [1.165, 1.54) is 12.1 Å². The van der Waals surface area contributed by atoms with E-state index in [0.29, 0.717) is 0 Å². The fourth-order valence-corrected chi connectivity index (χ4v) is 3.03. The lowest BCUT2D eigenvalue weighted by molar-refractivity contribution is 0.627. The van der Waals surface area contributed by atoms with Crippen molar-refractivity contribution in [2.75, 3.05) is 11.9 Å². The Morgan fingerprint density at radius 1 is 1.28 bits per heavy atom. The molecule has 6 heteroatoms. The zero-order valence-corrected chi connectivity index (χ0v) is 11.7. The minimum Gasteiger partial charge on any atom is -0.360 e. The van der Waals surface area contributed by atoms with Gasteiger partial charge in [-0.05, 0) is 24.1 Å². The Morgan fingerprint density at radius 3 is 2.78 bits per heavy atom. The number of halogens is 1. The highest BCUT2D eigenvalue weighted by Crippen LogP contribution is 2.28. The van der Waals surface area contributed by atoms with E-state index < -0.39 is 0 Å². The van der Waals surface area contributed by atoms with Crippen LogP contribution in [0.1, 0.15) is 18.9 Å². The van der Waals surface area contributed by atoms with Crippen LogP contribution in [0.5, 0.6) is 0 Å². The van der Waals surface area contributed by atoms with Crippen LogP contribution in [0.25, 0.3) is 0 Å². The molecule has 96 valence electrons. The smallest absolute Gasteiger partial charge is 0.206 e. The van der Waals surface area contributed by atoms with Gasteiger partial charge in [-0.1, -0.05) is 42.2 Å². The molecule has 0 saturated heterocycles. The Balaban J connectivity index is 1.86. The summed E-state index contributed by atoms with van der Waals surface area (Å²) >= 11 is 3.17. The average molecular weight is 283 g/mol. The van der Waals surface area contributed by atoms with Gasteiger partial charge in [0.1, 0.15) is 5.82 Å². The quantitative estimate of drug-likeness (QED) is 0.818. The highest BCUT2D eigenvalue weighted by Gasteiger charge is 2.04. The van der Waals surface area contributed by atoms with E-state index in [9.17, 15) is 4.39 Å².